The summed E-state index contributed by atoms with van der Waals surface area (Å²) < 4.78 is 6.47. The van der Waals surface area contributed by atoms with Crippen molar-refractivity contribution >= 4 is 33.0 Å². The fraction of sp³-hybridized carbons (Fsp3) is 0.312. The highest BCUT2D eigenvalue weighted by atomic mass is 79.9. The van der Waals surface area contributed by atoms with Gasteiger partial charge in [0.2, 0.25) is 5.78 Å². The molecule has 104 valence electrons. The number of fused-ring (bicyclic) bond motifs is 1. The van der Waals surface area contributed by atoms with Crippen LogP contribution in [0.15, 0.2) is 28.7 Å². The smallest absolute Gasteiger partial charge is 0.206 e. The summed E-state index contributed by atoms with van der Waals surface area (Å²) in [5, 5.41) is 0. The van der Waals surface area contributed by atoms with Crippen molar-refractivity contribution in [1.82, 2.24) is 0 Å². The van der Waals surface area contributed by atoms with E-state index >= 15 is 0 Å². The zero-order chi connectivity index (χ0) is 14.1. The van der Waals surface area contributed by atoms with Crippen LogP contribution in [0.3, 0.4) is 0 Å². The van der Waals surface area contributed by atoms with Crippen molar-refractivity contribution < 1.29 is 9.53 Å². The Labute approximate surface area is 130 Å². The largest absolute Gasteiger partial charge is 0.493 e. The van der Waals surface area contributed by atoms with E-state index in [1.54, 1.807) is 11.3 Å². The third kappa shape index (κ3) is 2.54. The molecule has 3 rings (SSSR count). The fourth-order valence-electron chi connectivity index (χ4n) is 2.53. The van der Waals surface area contributed by atoms with Crippen molar-refractivity contribution in [1.29, 1.82) is 0 Å². The Bertz CT molecular complexity index is 639. The van der Waals surface area contributed by atoms with E-state index in [0.717, 1.165) is 22.2 Å². The van der Waals surface area contributed by atoms with Crippen LogP contribution in [0, 0.1) is 0 Å². The molecule has 20 heavy (non-hydrogen) atoms. The summed E-state index contributed by atoms with van der Waals surface area (Å²) in [7, 11) is 0. The lowest BCUT2D eigenvalue weighted by Gasteiger charge is -2.09. The number of aryl methyl sites for hydroxylation is 2. The number of ether oxygens (including phenoxy) is 1. The molecule has 0 spiro atoms. The molecule has 0 N–H and O–H groups in total. The second-order valence-electron chi connectivity index (χ2n) is 4.82. The van der Waals surface area contributed by atoms with Crippen molar-refractivity contribution in [2.24, 2.45) is 0 Å². The van der Waals surface area contributed by atoms with Gasteiger partial charge in [0.1, 0.15) is 5.75 Å². The van der Waals surface area contributed by atoms with Crippen LogP contribution in [0.5, 0.6) is 5.75 Å². The first-order valence-electron chi connectivity index (χ1n) is 6.77. The van der Waals surface area contributed by atoms with Gasteiger partial charge in [-0.2, -0.15) is 0 Å². The maximum absolute atomic E-state index is 12.7. The molecule has 0 bridgehead atoms. The normalized spacial score (nSPS) is 13.3. The van der Waals surface area contributed by atoms with Gasteiger partial charge in [-0.3, -0.25) is 4.79 Å². The fourth-order valence-corrected chi connectivity index (χ4v) is 4.10. The molecule has 1 heterocycles. The minimum atomic E-state index is 0.0640. The molecule has 1 aliphatic rings. The van der Waals surface area contributed by atoms with Gasteiger partial charge in [0.25, 0.3) is 0 Å². The van der Waals surface area contributed by atoms with Gasteiger partial charge < -0.3 is 4.74 Å². The van der Waals surface area contributed by atoms with Crippen molar-refractivity contribution in [3.05, 3.63) is 49.6 Å². The molecular weight excluding hydrogens is 336 g/mol. The molecule has 0 saturated heterocycles. The molecular formula is C16H15BrO2S. The van der Waals surface area contributed by atoms with Crippen molar-refractivity contribution in [2.75, 3.05) is 6.61 Å². The van der Waals surface area contributed by atoms with Crippen molar-refractivity contribution in [3.8, 4) is 5.75 Å². The molecule has 4 heteroatoms. The molecule has 0 radical (unpaired) electrons. The van der Waals surface area contributed by atoms with Crippen LogP contribution in [0.25, 0.3) is 0 Å². The van der Waals surface area contributed by atoms with Gasteiger partial charge in [-0.15, -0.1) is 11.3 Å². The predicted molar refractivity (Wildman–Crippen MR) is 85.1 cm³/mol. The van der Waals surface area contributed by atoms with Crippen LogP contribution in [0.1, 0.15) is 39.0 Å². The molecule has 0 unspecified atom stereocenters. The molecule has 0 amide bonds. The van der Waals surface area contributed by atoms with Gasteiger partial charge in [-0.1, -0.05) is 15.9 Å². The van der Waals surface area contributed by atoms with E-state index in [-0.39, 0.29) is 5.78 Å². The maximum atomic E-state index is 12.7. The Morgan fingerprint density at radius 3 is 2.95 bits per heavy atom. The van der Waals surface area contributed by atoms with E-state index in [0.29, 0.717) is 17.9 Å². The highest BCUT2D eigenvalue weighted by molar-refractivity contribution is 9.10. The molecule has 0 atom stereocenters. The third-order valence-electron chi connectivity index (χ3n) is 3.46. The molecule has 0 saturated carbocycles. The Kier molecular flexibility index (Phi) is 3.94. The van der Waals surface area contributed by atoms with Crippen LogP contribution in [0.2, 0.25) is 0 Å². The van der Waals surface area contributed by atoms with E-state index in [4.69, 9.17) is 4.74 Å². The van der Waals surface area contributed by atoms with E-state index in [1.165, 1.54) is 16.9 Å². The van der Waals surface area contributed by atoms with Crippen LogP contribution in [-0.2, 0) is 12.8 Å². The Balaban J connectivity index is 1.98. The van der Waals surface area contributed by atoms with Gasteiger partial charge in [-0.25, -0.2) is 0 Å². The minimum absolute atomic E-state index is 0.0640. The van der Waals surface area contributed by atoms with Crippen LogP contribution < -0.4 is 4.74 Å². The summed E-state index contributed by atoms with van der Waals surface area (Å²) in [6.45, 7) is 2.48. The Morgan fingerprint density at radius 2 is 2.20 bits per heavy atom. The number of hydrogen-bond acceptors (Lipinski definition) is 3. The van der Waals surface area contributed by atoms with E-state index < -0.39 is 0 Å². The first-order chi connectivity index (χ1) is 9.69. The number of carbonyl (C=O) groups is 1. The van der Waals surface area contributed by atoms with Gasteiger partial charge in [0.05, 0.1) is 17.0 Å². The summed E-state index contributed by atoms with van der Waals surface area (Å²) in [5.74, 6) is 0.725. The summed E-state index contributed by atoms with van der Waals surface area (Å²) in [6, 6.07) is 7.66. The number of benzene rings is 1. The lowest BCUT2D eigenvalue weighted by molar-refractivity contribution is 0.103. The first-order valence-corrected chi connectivity index (χ1v) is 8.38. The molecule has 2 aromatic rings. The quantitative estimate of drug-likeness (QED) is 0.751. The van der Waals surface area contributed by atoms with Gasteiger partial charge in [0.15, 0.2) is 0 Å². The van der Waals surface area contributed by atoms with Crippen LogP contribution >= 0.6 is 27.3 Å². The summed E-state index contributed by atoms with van der Waals surface area (Å²) in [4.78, 5) is 14.9. The number of carbonyl (C=O) groups excluding carboxylic acids is 1. The summed E-state index contributed by atoms with van der Waals surface area (Å²) in [5.41, 5.74) is 1.99. The molecule has 1 aliphatic carbocycles. The molecule has 1 aromatic heterocycles. The van der Waals surface area contributed by atoms with Crippen LogP contribution in [-0.4, -0.2) is 12.4 Å². The molecule has 2 nitrogen and oxygen atoms in total. The standard InChI is InChI=1S/C16H15BrO2S/c1-2-19-13-7-6-11(17)9-12(13)16(18)15-8-10-4-3-5-14(10)20-15/h6-9H,2-5H2,1H3. The second kappa shape index (κ2) is 5.70. The number of halogens is 1. The zero-order valence-corrected chi connectivity index (χ0v) is 13.6. The average molecular weight is 351 g/mol. The van der Waals surface area contributed by atoms with Gasteiger partial charge in [0, 0.05) is 9.35 Å². The summed E-state index contributed by atoms with van der Waals surface area (Å²) >= 11 is 5.07. The van der Waals surface area contributed by atoms with Gasteiger partial charge >= 0.3 is 0 Å². The van der Waals surface area contributed by atoms with E-state index in [2.05, 4.69) is 22.0 Å². The predicted octanol–water partition coefficient (Wildman–Crippen LogP) is 4.63. The molecule has 0 aliphatic heterocycles. The SMILES string of the molecule is CCOc1ccc(Br)cc1C(=O)c1cc2c(s1)CCC2. The first kappa shape index (κ1) is 13.8. The van der Waals surface area contributed by atoms with Crippen molar-refractivity contribution in [2.45, 2.75) is 26.2 Å². The van der Waals surface area contributed by atoms with E-state index in [9.17, 15) is 4.79 Å². The minimum Gasteiger partial charge on any atom is -0.493 e. The topological polar surface area (TPSA) is 26.3 Å². The molecule has 1 aromatic carbocycles. The second-order valence-corrected chi connectivity index (χ2v) is 6.87. The Morgan fingerprint density at radius 1 is 1.35 bits per heavy atom. The average Bonchev–Trinajstić information content (AvgIpc) is 3.01. The number of hydrogen-bond donors (Lipinski definition) is 0. The number of ketones is 1. The lowest BCUT2D eigenvalue weighted by Crippen LogP contribution is -2.04. The zero-order valence-electron chi connectivity index (χ0n) is 11.2. The van der Waals surface area contributed by atoms with E-state index in [1.807, 2.05) is 25.1 Å². The lowest BCUT2D eigenvalue weighted by atomic mass is 10.1. The number of rotatable bonds is 4. The molecule has 0 fully saturated rings. The summed E-state index contributed by atoms with van der Waals surface area (Å²) in [6.07, 6.45) is 3.44. The highest BCUT2D eigenvalue weighted by Crippen LogP contribution is 2.34. The highest BCUT2D eigenvalue weighted by Gasteiger charge is 2.21. The maximum Gasteiger partial charge on any atom is 0.206 e. The number of thiophene rings is 1. The third-order valence-corrected chi connectivity index (χ3v) is 5.19. The monoisotopic (exact) mass is 350 g/mol. The van der Waals surface area contributed by atoms with Crippen LogP contribution in [0.4, 0.5) is 0 Å². The van der Waals surface area contributed by atoms with Gasteiger partial charge in [-0.05, 0) is 56.0 Å². The van der Waals surface area contributed by atoms with Crippen molar-refractivity contribution in [3.63, 3.8) is 0 Å². The Hall–Kier alpha value is -1.13.